The molecule has 7 nitrogen and oxygen atoms in total. The number of hydrogen-bond donors (Lipinski definition) is 2. The lowest BCUT2D eigenvalue weighted by atomic mass is 10.1. The average molecular weight is 385 g/mol. The van der Waals surface area contributed by atoms with Crippen LogP contribution in [0, 0.1) is 0 Å². The highest BCUT2D eigenvalue weighted by atomic mass is 16.5. The van der Waals surface area contributed by atoms with Crippen LogP contribution in [0.4, 0.5) is 11.5 Å². The van der Waals surface area contributed by atoms with E-state index in [1.54, 1.807) is 24.9 Å². The summed E-state index contributed by atoms with van der Waals surface area (Å²) in [5.41, 5.74) is 4.70. The van der Waals surface area contributed by atoms with Gasteiger partial charge in [-0.15, -0.1) is 0 Å². The van der Waals surface area contributed by atoms with Crippen LogP contribution in [0.25, 0.3) is 27.7 Å². The molecule has 7 heteroatoms. The number of methoxy groups -OCH3 is 2. The van der Waals surface area contributed by atoms with E-state index in [0.29, 0.717) is 11.5 Å². The third-order valence-electron chi connectivity index (χ3n) is 4.89. The van der Waals surface area contributed by atoms with Gasteiger partial charge in [-0.2, -0.15) is 5.10 Å². The second kappa shape index (κ2) is 6.87. The number of hydrogen-bond acceptors (Lipinski definition) is 5. The van der Waals surface area contributed by atoms with Gasteiger partial charge in [0, 0.05) is 34.5 Å². The minimum atomic E-state index is 0.665. The van der Waals surface area contributed by atoms with Crippen LogP contribution in [0.3, 0.4) is 0 Å². The Morgan fingerprint density at radius 3 is 2.72 bits per heavy atom. The maximum absolute atomic E-state index is 5.43. The molecule has 29 heavy (non-hydrogen) atoms. The van der Waals surface area contributed by atoms with Crippen molar-refractivity contribution in [3.05, 3.63) is 67.1 Å². The predicted octanol–water partition coefficient (Wildman–Crippen LogP) is 4.64. The smallest absolute Gasteiger partial charge is 0.165 e. The first-order valence-electron chi connectivity index (χ1n) is 9.16. The number of benzene rings is 2. The molecule has 5 aromatic rings. The number of anilines is 2. The van der Waals surface area contributed by atoms with Gasteiger partial charge in [-0.25, -0.2) is 9.50 Å². The molecule has 0 saturated carbocycles. The van der Waals surface area contributed by atoms with E-state index in [1.807, 2.05) is 54.9 Å². The van der Waals surface area contributed by atoms with Gasteiger partial charge in [-0.3, -0.25) is 0 Å². The van der Waals surface area contributed by atoms with Gasteiger partial charge in [0.15, 0.2) is 17.1 Å². The van der Waals surface area contributed by atoms with Gasteiger partial charge in [-0.1, -0.05) is 6.07 Å². The number of rotatable bonds is 5. The zero-order chi connectivity index (χ0) is 19.8. The van der Waals surface area contributed by atoms with E-state index in [-0.39, 0.29) is 0 Å². The molecule has 3 heterocycles. The molecule has 0 bridgehead atoms. The van der Waals surface area contributed by atoms with Crippen molar-refractivity contribution in [2.75, 3.05) is 19.5 Å². The number of aromatic nitrogens is 4. The second-order valence-electron chi connectivity index (χ2n) is 6.61. The van der Waals surface area contributed by atoms with Gasteiger partial charge in [0.2, 0.25) is 0 Å². The van der Waals surface area contributed by atoms with E-state index < -0.39 is 0 Å². The first-order valence-corrected chi connectivity index (χ1v) is 9.16. The van der Waals surface area contributed by atoms with Gasteiger partial charge < -0.3 is 19.8 Å². The summed E-state index contributed by atoms with van der Waals surface area (Å²) in [4.78, 5) is 7.98. The Kier molecular flexibility index (Phi) is 4.05. The maximum atomic E-state index is 5.43. The summed E-state index contributed by atoms with van der Waals surface area (Å²) in [6.07, 6.45) is 5.63. The van der Waals surface area contributed by atoms with Crippen molar-refractivity contribution in [3.63, 3.8) is 0 Å². The molecule has 0 fully saturated rings. The minimum absolute atomic E-state index is 0.665. The van der Waals surface area contributed by atoms with Gasteiger partial charge in [0.05, 0.1) is 20.4 Å². The summed E-state index contributed by atoms with van der Waals surface area (Å²) in [7, 11) is 3.25. The van der Waals surface area contributed by atoms with E-state index in [1.165, 1.54) is 0 Å². The quantitative estimate of drug-likeness (QED) is 0.461. The van der Waals surface area contributed by atoms with Crippen LogP contribution in [-0.2, 0) is 0 Å². The summed E-state index contributed by atoms with van der Waals surface area (Å²) < 4.78 is 12.5. The number of nitrogens with one attached hydrogen (secondary N) is 2. The Morgan fingerprint density at radius 1 is 0.966 bits per heavy atom. The monoisotopic (exact) mass is 385 g/mol. The standard InChI is InChI=1S/C22H19N5O2/c1-28-19-6-3-14(12-20(19)29-2)17-13-24-27-10-8-21(26-22(17)27)25-16-4-5-18-15(11-16)7-9-23-18/h3-13,23H,1-2H3,(H,25,26). The fourth-order valence-corrected chi connectivity index (χ4v) is 3.42. The van der Waals surface area contributed by atoms with Crippen molar-refractivity contribution in [3.8, 4) is 22.6 Å². The van der Waals surface area contributed by atoms with Crippen LogP contribution in [0.5, 0.6) is 11.5 Å². The van der Waals surface area contributed by atoms with Crippen LogP contribution in [0.2, 0.25) is 0 Å². The molecule has 0 unspecified atom stereocenters. The molecule has 0 radical (unpaired) electrons. The largest absolute Gasteiger partial charge is 0.493 e. The molecule has 0 aliphatic rings. The second-order valence-corrected chi connectivity index (χ2v) is 6.61. The van der Waals surface area contributed by atoms with Crippen molar-refractivity contribution >= 4 is 28.1 Å². The zero-order valence-corrected chi connectivity index (χ0v) is 16.0. The van der Waals surface area contributed by atoms with E-state index in [0.717, 1.165) is 39.2 Å². The summed E-state index contributed by atoms with van der Waals surface area (Å²) in [5, 5.41) is 8.95. The van der Waals surface area contributed by atoms with Crippen LogP contribution in [0.15, 0.2) is 67.1 Å². The van der Waals surface area contributed by atoms with E-state index >= 15 is 0 Å². The molecule has 2 N–H and O–H groups in total. The Bertz CT molecular complexity index is 1320. The van der Waals surface area contributed by atoms with Crippen molar-refractivity contribution in [1.29, 1.82) is 0 Å². The lowest BCUT2D eigenvalue weighted by molar-refractivity contribution is 0.355. The molecule has 0 atom stereocenters. The normalized spacial score (nSPS) is 11.1. The molecule has 144 valence electrons. The molecule has 0 saturated heterocycles. The summed E-state index contributed by atoms with van der Waals surface area (Å²) >= 11 is 0. The molecule has 0 aliphatic heterocycles. The van der Waals surface area contributed by atoms with Crippen LogP contribution < -0.4 is 14.8 Å². The van der Waals surface area contributed by atoms with Crippen LogP contribution in [0.1, 0.15) is 0 Å². The highest BCUT2D eigenvalue weighted by Gasteiger charge is 2.12. The zero-order valence-electron chi connectivity index (χ0n) is 16.0. The Hall–Kier alpha value is -4.00. The average Bonchev–Trinajstić information content (AvgIpc) is 3.39. The SMILES string of the molecule is COc1ccc(-c2cnn3ccc(Nc4ccc5[nH]ccc5c4)nc23)cc1OC. The number of aromatic amines is 1. The number of H-pyrrole nitrogens is 1. The number of fused-ring (bicyclic) bond motifs is 2. The molecule has 2 aromatic carbocycles. The Balaban J connectivity index is 1.53. The fourth-order valence-electron chi connectivity index (χ4n) is 3.42. The van der Waals surface area contributed by atoms with Gasteiger partial charge >= 0.3 is 0 Å². The molecular formula is C22H19N5O2. The number of ether oxygens (including phenoxy) is 2. The van der Waals surface area contributed by atoms with E-state index in [4.69, 9.17) is 14.5 Å². The molecule has 0 aliphatic carbocycles. The van der Waals surface area contributed by atoms with Gasteiger partial charge in [-0.05, 0) is 48.0 Å². The van der Waals surface area contributed by atoms with Crippen LogP contribution in [-0.4, -0.2) is 33.8 Å². The molecule has 5 rings (SSSR count). The van der Waals surface area contributed by atoms with Crippen molar-refractivity contribution < 1.29 is 9.47 Å². The van der Waals surface area contributed by atoms with Crippen LogP contribution >= 0.6 is 0 Å². The Morgan fingerprint density at radius 2 is 1.86 bits per heavy atom. The first kappa shape index (κ1) is 17.1. The molecule has 3 aromatic heterocycles. The molecule has 0 spiro atoms. The molecular weight excluding hydrogens is 366 g/mol. The predicted molar refractivity (Wildman–Crippen MR) is 113 cm³/mol. The lowest BCUT2D eigenvalue weighted by Crippen LogP contribution is -1.97. The van der Waals surface area contributed by atoms with Gasteiger partial charge in [0.25, 0.3) is 0 Å². The summed E-state index contributed by atoms with van der Waals surface area (Å²) in [6, 6.07) is 15.9. The topological polar surface area (TPSA) is 76.5 Å². The summed E-state index contributed by atoms with van der Waals surface area (Å²) in [5.74, 6) is 2.09. The third-order valence-corrected chi connectivity index (χ3v) is 4.89. The van der Waals surface area contributed by atoms with Gasteiger partial charge in [0.1, 0.15) is 5.82 Å². The highest BCUT2D eigenvalue weighted by molar-refractivity contribution is 5.84. The minimum Gasteiger partial charge on any atom is -0.493 e. The fraction of sp³-hybridized carbons (Fsp3) is 0.0909. The van der Waals surface area contributed by atoms with Crippen molar-refractivity contribution in [2.24, 2.45) is 0 Å². The Labute approximate surface area is 166 Å². The summed E-state index contributed by atoms with van der Waals surface area (Å²) in [6.45, 7) is 0. The van der Waals surface area contributed by atoms with Crippen molar-refractivity contribution in [2.45, 2.75) is 0 Å². The first-order chi connectivity index (χ1) is 14.2. The maximum Gasteiger partial charge on any atom is 0.165 e. The van der Waals surface area contributed by atoms with E-state index in [9.17, 15) is 0 Å². The number of nitrogens with zero attached hydrogens (tertiary/aromatic N) is 3. The lowest BCUT2D eigenvalue weighted by Gasteiger charge is -2.09. The molecule has 0 amide bonds. The third kappa shape index (κ3) is 3.02. The highest BCUT2D eigenvalue weighted by Crippen LogP contribution is 2.34. The van der Waals surface area contributed by atoms with E-state index in [2.05, 4.69) is 21.5 Å². The van der Waals surface area contributed by atoms with Crippen molar-refractivity contribution in [1.82, 2.24) is 19.6 Å².